The summed E-state index contributed by atoms with van der Waals surface area (Å²) in [6.45, 7) is 0. The van der Waals surface area contributed by atoms with Crippen LogP contribution in [-0.2, 0) is 4.79 Å². The van der Waals surface area contributed by atoms with Crippen LogP contribution in [0, 0.1) is 0 Å². The molecule has 0 aromatic heterocycles. The number of benzene rings is 1. The zero-order valence-corrected chi connectivity index (χ0v) is 11.6. The standard InChI is InChI=1S/C17H21NO/c1-18-16-10-6-5-9-15(16)14(12-17(18)19)11-13-7-3-2-4-8-13/h5-7,9-10,14H,2-4,8,11-12H2,1H3. The highest BCUT2D eigenvalue weighted by molar-refractivity contribution is 5.96. The number of carbonyl (C=O) groups is 1. The first-order valence-electron chi connectivity index (χ1n) is 7.29. The van der Waals surface area contributed by atoms with Gasteiger partial charge in [-0.1, -0.05) is 29.8 Å². The van der Waals surface area contributed by atoms with Crippen LogP contribution in [0.5, 0.6) is 0 Å². The Kier molecular flexibility index (Phi) is 3.41. The summed E-state index contributed by atoms with van der Waals surface area (Å²) in [5.74, 6) is 0.629. The Morgan fingerprint density at radius 1 is 1.26 bits per heavy atom. The van der Waals surface area contributed by atoms with Crippen molar-refractivity contribution in [2.45, 2.75) is 44.4 Å². The predicted molar refractivity (Wildman–Crippen MR) is 78.4 cm³/mol. The molecule has 19 heavy (non-hydrogen) atoms. The first-order chi connectivity index (χ1) is 9.25. The first-order valence-corrected chi connectivity index (χ1v) is 7.29. The molecule has 0 radical (unpaired) electrons. The van der Waals surface area contributed by atoms with Crippen molar-refractivity contribution in [1.29, 1.82) is 0 Å². The molecule has 2 heteroatoms. The summed E-state index contributed by atoms with van der Waals surface area (Å²) in [7, 11) is 1.89. The normalized spacial score (nSPS) is 23.0. The minimum Gasteiger partial charge on any atom is -0.315 e. The average molecular weight is 255 g/mol. The summed E-state index contributed by atoms with van der Waals surface area (Å²) in [5.41, 5.74) is 4.00. The Labute approximate surface area is 115 Å². The summed E-state index contributed by atoms with van der Waals surface area (Å²) in [4.78, 5) is 13.9. The van der Waals surface area contributed by atoms with Crippen molar-refractivity contribution in [2.75, 3.05) is 11.9 Å². The van der Waals surface area contributed by atoms with Crippen LogP contribution in [0.25, 0.3) is 0 Å². The number of carbonyl (C=O) groups excluding carboxylic acids is 1. The van der Waals surface area contributed by atoms with Crippen LogP contribution in [0.4, 0.5) is 5.69 Å². The van der Waals surface area contributed by atoms with Gasteiger partial charge in [0, 0.05) is 19.2 Å². The number of fused-ring (bicyclic) bond motifs is 1. The van der Waals surface area contributed by atoms with Gasteiger partial charge in [-0.25, -0.2) is 0 Å². The van der Waals surface area contributed by atoms with Crippen molar-refractivity contribution in [3.8, 4) is 0 Å². The third-order valence-electron chi connectivity index (χ3n) is 4.43. The Hall–Kier alpha value is -1.57. The number of amides is 1. The van der Waals surface area contributed by atoms with Gasteiger partial charge in [-0.2, -0.15) is 0 Å². The van der Waals surface area contributed by atoms with Crippen LogP contribution in [0.1, 0.15) is 50.0 Å². The highest BCUT2D eigenvalue weighted by Crippen LogP contribution is 2.39. The van der Waals surface area contributed by atoms with Gasteiger partial charge in [-0.3, -0.25) is 4.79 Å². The molecule has 100 valence electrons. The highest BCUT2D eigenvalue weighted by Gasteiger charge is 2.29. The Balaban J connectivity index is 1.88. The fraction of sp³-hybridized carbons (Fsp3) is 0.471. The molecule has 2 aliphatic rings. The SMILES string of the molecule is CN1C(=O)CC(CC2=CCCCC2)c2ccccc21. The van der Waals surface area contributed by atoms with E-state index in [9.17, 15) is 4.79 Å². The van der Waals surface area contributed by atoms with E-state index in [4.69, 9.17) is 0 Å². The molecule has 1 atom stereocenters. The number of hydrogen-bond donors (Lipinski definition) is 0. The molecule has 0 fully saturated rings. The third kappa shape index (κ3) is 2.44. The van der Waals surface area contributed by atoms with E-state index in [2.05, 4.69) is 24.3 Å². The van der Waals surface area contributed by atoms with Crippen molar-refractivity contribution in [1.82, 2.24) is 0 Å². The van der Waals surface area contributed by atoms with E-state index in [1.807, 2.05) is 13.1 Å². The molecule has 2 nitrogen and oxygen atoms in total. The Bertz CT molecular complexity index is 518. The molecule has 0 saturated carbocycles. The van der Waals surface area contributed by atoms with Crippen LogP contribution >= 0.6 is 0 Å². The van der Waals surface area contributed by atoms with Gasteiger partial charge in [0.2, 0.25) is 5.91 Å². The lowest BCUT2D eigenvalue weighted by Crippen LogP contribution is -2.33. The highest BCUT2D eigenvalue weighted by atomic mass is 16.2. The zero-order chi connectivity index (χ0) is 13.2. The first kappa shape index (κ1) is 12.5. The monoisotopic (exact) mass is 255 g/mol. The summed E-state index contributed by atoms with van der Waals surface area (Å²) in [6, 6.07) is 8.36. The molecule has 0 bridgehead atoms. The van der Waals surface area contributed by atoms with E-state index < -0.39 is 0 Å². The summed E-state index contributed by atoms with van der Waals surface area (Å²) < 4.78 is 0. The summed E-state index contributed by atoms with van der Waals surface area (Å²) in [5, 5.41) is 0. The maximum atomic E-state index is 12.1. The average Bonchev–Trinajstić information content (AvgIpc) is 2.46. The molecule has 1 aliphatic heterocycles. The molecule has 1 amide bonds. The third-order valence-corrected chi connectivity index (χ3v) is 4.43. The van der Waals surface area contributed by atoms with Gasteiger partial charge in [0.25, 0.3) is 0 Å². The van der Waals surface area contributed by atoms with Gasteiger partial charge in [0.05, 0.1) is 0 Å². The van der Waals surface area contributed by atoms with Gasteiger partial charge in [-0.15, -0.1) is 0 Å². The lowest BCUT2D eigenvalue weighted by molar-refractivity contribution is -0.119. The second-order valence-corrected chi connectivity index (χ2v) is 5.72. The molecule has 1 unspecified atom stereocenters. The van der Waals surface area contributed by atoms with E-state index in [0.717, 1.165) is 12.1 Å². The largest absolute Gasteiger partial charge is 0.315 e. The number of para-hydroxylation sites is 1. The smallest absolute Gasteiger partial charge is 0.227 e. The maximum Gasteiger partial charge on any atom is 0.227 e. The molecular formula is C17H21NO. The second-order valence-electron chi connectivity index (χ2n) is 5.72. The van der Waals surface area contributed by atoms with Crippen molar-refractivity contribution in [3.63, 3.8) is 0 Å². The Morgan fingerprint density at radius 2 is 2.11 bits per heavy atom. The minimum absolute atomic E-state index is 0.250. The summed E-state index contributed by atoms with van der Waals surface area (Å²) >= 11 is 0. The molecular weight excluding hydrogens is 234 g/mol. The molecule has 1 aromatic rings. The van der Waals surface area contributed by atoms with Crippen LogP contribution in [0.2, 0.25) is 0 Å². The van der Waals surface area contributed by atoms with E-state index in [0.29, 0.717) is 12.3 Å². The predicted octanol–water partition coefficient (Wildman–Crippen LogP) is 4.03. The van der Waals surface area contributed by atoms with Gasteiger partial charge in [-0.05, 0) is 49.7 Å². The molecule has 1 aromatic carbocycles. The number of rotatable bonds is 2. The molecule has 1 heterocycles. The van der Waals surface area contributed by atoms with E-state index in [-0.39, 0.29) is 5.91 Å². The summed E-state index contributed by atoms with van der Waals surface area (Å²) in [6.07, 6.45) is 9.21. The van der Waals surface area contributed by atoms with E-state index >= 15 is 0 Å². The van der Waals surface area contributed by atoms with E-state index in [1.165, 1.54) is 31.2 Å². The molecule has 3 rings (SSSR count). The lowest BCUT2D eigenvalue weighted by Gasteiger charge is -2.32. The van der Waals surface area contributed by atoms with Crippen molar-refractivity contribution in [2.24, 2.45) is 0 Å². The molecule has 0 spiro atoms. The quantitative estimate of drug-likeness (QED) is 0.731. The number of hydrogen-bond acceptors (Lipinski definition) is 1. The van der Waals surface area contributed by atoms with Gasteiger partial charge in [0.15, 0.2) is 0 Å². The number of allylic oxidation sites excluding steroid dienone is 2. The van der Waals surface area contributed by atoms with Crippen LogP contribution in [0.15, 0.2) is 35.9 Å². The van der Waals surface area contributed by atoms with Crippen LogP contribution < -0.4 is 4.90 Å². The van der Waals surface area contributed by atoms with Gasteiger partial charge >= 0.3 is 0 Å². The zero-order valence-electron chi connectivity index (χ0n) is 11.6. The van der Waals surface area contributed by atoms with Crippen LogP contribution in [0.3, 0.4) is 0 Å². The van der Waals surface area contributed by atoms with Crippen molar-refractivity contribution >= 4 is 11.6 Å². The fourth-order valence-electron chi connectivity index (χ4n) is 3.32. The lowest BCUT2D eigenvalue weighted by atomic mass is 9.82. The fourth-order valence-corrected chi connectivity index (χ4v) is 3.32. The van der Waals surface area contributed by atoms with Crippen molar-refractivity contribution < 1.29 is 4.79 Å². The topological polar surface area (TPSA) is 20.3 Å². The molecule has 1 aliphatic carbocycles. The van der Waals surface area contributed by atoms with Gasteiger partial charge < -0.3 is 4.90 Å². The maximum absolute atomic E-state index is 12.1. The molecule has 0 saturated heterocycles. The second kappa shape index (κ2) is 5.20. The van der Waals surface area contributed by atoms with Crippen molar-refractivity contribution in [3.05, 3.63) is 41.5 Å². The number of anilines is 1. The Morgan fingerprint density at radius 3 is 2.89 bits per heavy atom. The van der Waals surface area contributed by atoms with Gasteiger partial charge in [0.1, 0.15) is 0 Å². The number of nitrogens with zero attached hydrogens (tertiary/aromatic N) is 1. The molecule has 0 N–H and O–H groups in total. The van der Waals surface area contributed by atoms with E-state index in [1.54, 1.807) is 10.5 Å². The minimum atomic E-state index is 0.250. The van der Waals surface area contributed by atoms with Crippen LogP contribution in [-0.4, -0.2) is 13.0 Å².